The maximum atomic E-state index is 11.5. The number of sulfonamides is 1. The largest absolute Gasteiger partial charge is 0.282 e. The lowest BCUT2D eigenvalue weighted by atomic mass is 10.4. The number of anilines is 1. The quantitative estimate of drug-likeness (QED) is 0.786. The van der Waals surface area contributed by atoms with E-state index in [1.807, 2.05) is 0 Å². The Hall–Kier alpha value is -0.860. The van der Waals surface area contributed by atoms with Gasteiger partial charge < -0.3 is 0 Å². The summed E-state index contributed by atoms with van der Waals surface area (Å²) in [6, 6.07) is 2.59. The highest BCUT2D eigenvalue weighted by Crippen LogP contribution is 2.12. The van der Waals surface area contributed by atoms with Gasteiger partial charge in [0.05, 0.1) is 17.6 Å². The fourth-order valence-electron chi connectivity index (χ4n) is 1.14. The van der Waals surface area contributed by atoms with Crippen LogP contribution < -0.4 is 4.72 Å². The molecule has 0 spiro atoms. The summed E-state index contributed by atoms with van der Waals surface area (Å²) < 4.78 is 47.6. The van der Waals surface area contributed by atoms with E-state index in [1.165, 1.54) is 12.1 Å². The van der Waals surface area contributed by atoms with Gasteiger partial charge in [0.15, 0.2) is 14.9 Å². The third kappa shape index (κ3) is 4.79. The lowest BCUT2D eigenvalue weighted by Gasteiger charge is -2.07. The van der Waals surface area contributed by atoms with Crippen molar-refractivity contribution in [2.75, 3.05) is 22.6 Å². The Balaban J connectivity index is 2.82. The second-order valence-corrected chi connectivity index (χ2v) is 7.80. The minimum Gasteiger partial charge on any atom is -0.282 e. The summed E-state index contributed by atoms with van der Waals surface area (Å²) in [5.41, 5.74) is 0.219. The van der Waals surface area contributed by atoms with Gasteiger partial charge in [-0.05, 0) is 18.6 Å². The minimum absolute atomic E-state index is 0.0929. The van der Waals surface area contributed by atoms with Crippen molar-refractivity contribution < 1.29 is 16.8 Å². The maximum Gasteiger partial charge on any atom is 0.232 e. The van der Waals surface area contributed by atoms with Crippen LogP contribution in [0.15, 0.2) is 23.4 Å². The van der Waals surface area contributed by atoms with Gasteiger partial charge in [-0.1, -0.05) is 0 Å². The van der Waals surface area contributed by atoms with Crippen LogP contribution >= 0.6 is 11.6 Å². The van der Waals surface area contributed by atoms with Crippen molar-refractivity contribution >= 4 is 37.1 Å². The number of halogens is 1. The first-order valence-corrected chi connectivity index (χ1v) is 9.05. The topological polar surface area (TPSA) is 93.2 Å². The first-order valence-electron chi connectivity index (χ1n) is 4.97. The zero-order valence-electron chi connectivity index (χ0n) is 9.63. The molecule has 0 fully saturated rings. The van der Waals surface area contributed by atoms with Gasteiger partial charge in [0.25, 0.3) is 0 Å². The number of alkyl halides is 1. The van der Waals surface area contributed by atoms with Crippen molar-refractivity contribution in [3.8, 4) is 0 Å². The highest BCUT2D eigenvalue weighted by atomic mass is 35.5. The highest BCUT2D eigenvalue weighted by Gasteiger charge is 2.12. The molecule has 1 aromatic heterocycles. The molecular formula is C9H13ClN2O4S2. The van der Waals surface area contributed by atoms with Gasteiger partial charge in [-0.25, -0.2) is 21.8 Å². The molecule has 6 nitrogen and oxygen atoms in total. The number of rotatable bonds is 6. The minimum atomic E-state index is -3.47. The molecule has 0 saturated carbocycles. The summed E-state index contributed by atoms with van der Waals surface area (Å²) in [6.07, 6.45) is 2.53. The third-order valence-electron chi connectivity index (χ3n) is 1.94. The van der Waals surface area contributed by atoms with Gasteiger partial charge >= 0.3 is 0 Å². The van der Waals surface area contributed by atoms with E-state index in [9.17, 15) is 16.8 Å². The van der Waals surface area contributed by atoms with Crippen molar-refractivity contribution in [1.82, 2.24) is 4.98 Å². The Labute approximate surface area is 111 Å². The molecule has 1 heterocycles. The lowest BCUT2D eigenvalue weighted by Crippen LogP contribution is -2.17. The Kier molecular flexibility index (Phi) is 4.94. The summed E-state index contributed by atoms with van der Waals surface area (Å²) in [5, 5.41) is -0.105. The molecule has 0 aliphatic rings. The summed E-state index contributed by atoms with van der Waals surface area (Å²) in [4.78, 5) is 3.67. The molecule has 18 heavy (non-hydrogen) atoms. The average molecular weight is 313 g/mol. The van der Waals surface area contributed by atoms with Crippen LogP contribution in [0.1, 0.15) is 6.42 Å². The van der Waals surface area contributed by atoms with Crippen molar-refractivity contribution in [2.45, 2.75) is 11.4 Å². The fraction of sp³-hybridized carbons (Fsp3) is 0.444. The molecule has 0 saturated heterocycles. The molecule has 1 N–H and O–H groups in total. The maximum absolute atomic E-state index is 11.5. The van der Waals surface area contributed by atoms with Crippen molar-refractivity contribution in [2.24, 2.45) is 0 Å². The number of nitrogens with zero attached hydrogens (tertiary/aromatic N) is 1. The molecule has 0 aromatic carbocycles. The number of nitrogens with one attached hydrogen (secondary N) is 1. The predicted molar refractivity (Wildman–Crippen MR) is 70.1 cm³/mol. The first-order chi connectivity index (χ1) is 8.24. The molecule has 0 aliphatic heterocycles. The standard InChI is InChI=1S/C9H13ClN2O4S2/c1-17(13,14)9-4-3-8(7-11-9)12-18(15,16)6-2-5-10/h3-4,7,12H,2,5-6H2,1H3. The van der Waals surface area contributed by atoms with Crippen molar-refractivity contribution in [3.05, 3.63) is 18.3 Å². The highest BCUT2D eigenvalue weighted by molar-refractivity contribution is 7.92. The van der Waals surface area contributed by atoms with Crippen LogP contribution in [-0.4, -0.2) is 39.7 Å². The number of aromatic nitrogens is 1. The van der Waals surface area contributed by atoms with E-state index < -0.39 is 19.9 Å². The van der Waals surface area contributed by atoms with Gasteiger partial charge in [0.2, 0.25) is 10.0 Å². The monoisotopic (exact) mass is 312 g/mol. The second kappa shape index (κ2) is 5.85. The average Bonchev–Trinajstić information content (AvgIpc) is 2.25. The lowest BCUT2D eigenvalue weighted by molar-refractivity contribution is 0.598. The van der Waals surface area contributed by atoms with Crippen LogP contribution in [0.4, 0.5) is 5.69 Å². The van der Waals surface area contributed by atoms with E-state index in [1.54, 1.807) is 0 Å². The molecule has 0 bridgehead atoms. The summed E-state index contributed by atoms with van der Waals surface area (Å²) >= 11 is 5.41. The van der Waals surface area contributed by atoms with E-state index in [4.69, 9.17) is 11.6 Å². The van der Waals surface area contributed by atoms with E-state index >= 15 is 0 Å². The van der Waals surface area contributed by atoms with Gasteiger partial charge in [0, 0.05) is 12.1 Å². The summed E-state index contributed by atoms with van der Waals surface area (Å²) in [5.74, 6) is 0.163. The second-order valence-electron chi connectivity index (χ2n) is 3.62. The van der Waals surface area contributed by atoms with Crippen molar-refractivity contribution in [1.29, 1.82) is 0 Å². The number of hydrogen-bond donors (Lipinski definition) is 1. The molecule has 0 aliphatic carbocycles. The molecule has 102 valence electrons. The molecule has 0 radical (unpaired) electrons. The Bertz CT molecular complexity index is 596. The van der Waals surface area contributed by atoms with E-state index in [0.29, 0.717) is 6.42 Å². The number of pyridine rings is 1. The van der Waals surface area contributed by atoms with E-state index in [2.05, 4.69) is 9.71 Å². The van der Waals surface area contributed by atoms with E-state index in [0.717, 1.165) is 12.5 Å². The summed E-state index contributed by atoms with van der Waals surface area (Å²) in [7, 11) is -6.85. The number of hydrogen-bond acceptors (Lipinski definition) is 5. The van der Waals surface area contributed by atoms with Crippen LogP contribution in [0.25, 0.3) is 0 Å². The normalized spacial score (nSPS) is 12.3. The van der Waals surface area contributed by atoms with Crippen LogP contribution in [-0.2, 0) is 19.9 Å². The van der Waals surface area contributed by atoms with Gasteiger partial charge in [-0.3, -0.25) is 4.72 Å². The van der Waals surface area contributed by atoms with Crippen LogP contribution in [0, 0.1) is 0 Å². The zero-order chi connectivity index (χ0) is 13.8. The molecule has 9 heteroatoms. The van der Waals surface area contributed by atoms with Gasteiger partial charge in [-0.2, -0.15) is 0 Å². The van der Waals surface area contributed by atoms with Gasteiger partial charge in [-0.15, -0.1) is 11.6 Å². The Morgan fingerprint density at radius 1 is 1.28 bits per heavy atom. The third-order valence-corrected chi connectivity index (χ3v) is 4.58. The SMILES string of the molecule is CS(=O)(=O)c1ccc(NS(=O)(=O)CCCCl)cn1. The van der Waals surface area contributed by atoms with Crippen LogP contribution in [0.5, 0.6) is 0 Å². The smallest absolute Gasteiger partial charge is 0.232 e. The zero-order valence-corrected chi connectivity index (χ0v) is 12.0. The molecule has 0 amide bonds. The number of sulfone groups is 1. The van der Waals surface area contributed by atoms with Crippen molar-refractivity contribution in [3.63, 3.8) is 0 Å². The van der Waals surface area contributed by atoms with E-state index in [-0.39, 0.29) is 22.3 Å². The van der Waals surface area contributed by atoms with Gasteiger partial charge in [0.1, 0.15) is 0 Å². The molecular weight excluding hydrogens is 300 g/mol. The van der Waals surface area contributed by atoms with Crippen LogP contribution in [0.2, 0.25) is 0 Å². The molecule has 0 atom stereocenters. The predicted octanol–water partition coefficient (Wildman–Crippen LogP) is 0.856. The first kappa shape index (κ1) is 15.2. The Morgan fingerprint density at radius 2 is 1.94 bits per heavy atom. The fourth-order valence-corrected chi connectivity index (χ4v) is 3.09. The molecule has 0 unspecified atom stereocenters. The van der Waals surface area contributed by atoms with Crippen LogP contribution in [0.3, 0.4) is 0 Å². The molecule has 1 aromatic rings. The Morgan fingerprint density at radius 3 is 2.39 bits per heavy atom. The molecule has 1 rings (SSSR count). The summed E-state index contributed by atoms with van der Waals surface area (Å²) in [6.45, 7) is 0.